The number of benzene rings is 1. The number of esters is 1. The molecule has 1 aromatic heterocycles. The first-order valence-corrected chi connectivity index (χ1v) is 11.5. The van der Waals surface area contributed by atoms with E-state index in [2.05, 4.69) is 26.2 Å². The standard InChI is InChI=1S/C16H17BrClN3O5S2/c1-3-21(4-2)28(24,25)10-5-6-12(18)11(7-10)15(23)26-9-14(22)20-16-19-8-13(17)27-16/h5-8H,3-4,9H2,1-2H3,(H,19,20,22). The monoisotopic (exact) mass is 509 g/mol. The fourth-order valence-electron chi connectivity index (χ4n) is 2.21. The van der Waals surface area contributed by atoms with Gasteiger partial charge < -0.3 is 4.74 Å². The van der Waals surface area contributed by atoms with Gasteiger partial charge in [0.05, 0.1) is 25.5 Å². The minimum atomic E-state index is -3.77. The van der Waals surface area contributed by atoms with E-state index in [4.69, 9.17) is 16.3 Å². The van der Waals surface area contributed by atoms with Gasteiger partial charge in [-0.3, -0.25) is 10.1 Å². The summed E-state index contributed by atoms with van der Waals surface area (Å²) in [7, 11) is -3.77. The number of thiazole rings is 1. The molecule has 28 heavy (non-hydrogen) atoms. The number of nitrogens with zero attached hydrogens (tertiary/aromatic N) is 2. The maximum atomic E-state index is 12.6. The van der Waals surface area contributed by atoms with E-state index < -0.39 is 28.5 Å². The molecule has 0 radical (unpaired) electrons. The Morgan fingerprint density at radius 1 is 1.32 bits per heavy atom. The summed E-state index contributed by atoms with van der Waals surface area (Å²) in [6.45, 7) is 3.43. The van der Waals surface area contributed by atoms with Crippen LogP contribution in [0.4, 0.5) is 5.13 Å². The SMILES string of the molecule is CCN(CC)S(=O)(=O)c1ccc(Cl)c(C(=O)OCC(=O)Nc2ncc(Br)s2)c1. The second-order valence-corrected chi connectivity index (χ2v) is 10.1. The second-order valence-electron chi connectivity index (χ2n) is 5.32. The summed E-state index contributed by atoms with van der Waals surface area (Å²) < 4.78 is 32.2. The van der Waals surface area contributed by atoms with Crippen LogP contribution in [0, 0.1) is 0 Å². The zero-order valence-corrected chi connectivity index (χ0v) is 18.9. The molecule has 1 aromatic carbocycles. The third-order valence-electron chi connectivity index (χ3n) is 3.56. The van der Waals surface area contributed by atoms with Gasteiger partial charge in [-0.15, -0.1) is 0 Å². The number of anilines is 1. The van der Waals surface area contributed by atoms with Gasteiger partial charge >= 0.3 is 5.97 Å². The molecule has 0 atom stereocenters. The van der Waals surface area contributed by atoms with Gasteiger partial charge in [0, 0.05) is 13.1 Å². The lowest BCUT2D eigenvalue weighted by Crippen LogP contribution is -2.30. The van der Waals surface area contributed by atoms with Crippen LogP contribution in [0.5, 0.6) is 0 Å². The van der Waals surface area contributed by atoms with Crippen molar-refractivity contribution in [3.05, 3.63) is 38.8 Å². The van der Waals surface area contributed by atoms with Crippen molar-refractivity contribution < 1.29 is 22.7 Å². The molecule has 0 spiro atoms. The number of nitrogens with one attached hydrogen (secondary N) is 1. The molecular formula is C16H17BrClN3O5S2. The Balaban J connectivity index is 2.11. The van der Waals surface area contributed by atoms with E-state index >= 15 is 0 Å². The average Bonchev–Trinajstić information content (AvgIpc) is 3.05. The molecule has 0 bridgehead atoms. The highest BCUT2D eigenvalue weighted by Gasteiger charge is 2.24. The number of amides is 1. The lowest BCUT2D eigenvalue weighted by molar-refractivity contribution is -0.119. The van der Waals surface area contributed by atoms with Gasteiger partial charge in [-0.1, -0.05) is 36.8 Å². The van der Waals surface area contributed by atoms with Gasteiger partial charge in [-0.05, 0) is 34.1 Å². The van der Waals surface area contributed by atoms with Gasteiger partial charge in [0.1, 0.15) is 0 Å². The molecular weight excluding hydrogens is 494 g/mol. The Kier molecular flexibility index (Phi) is 7.96. The van der Waals surface area contributed by atoms with Crippen LogP contribution >= 0.6 is 38.9 Å². The predicted molar refractivity (Wildman–Crippen MR) is 110 cm³/mol. The molecule has 0 aliphatic heterocycles. The fraction of sp³-hybridized carbons (Fsp3) is 0.312. The molecule has 2 rings (SSSR count). The zero-order valence-electron chi connectivity index (χ0n) is 14.9. The Bertz CT molecular complexity index is 976. The molecule has 1 N–H and O–H groups in total. The normalized spacial score (nSPS) is 11.5. The number of rotatable bonds is 8. The fourth-order valence-corrected chi connectivity index (χ4v) is 5.01. The summed E-state index contributed by atoms with van der Waals surface area (Å²) in [6, 6.07) is 3.77. The number of sulfonamides is 1. The van der Waals surface area contributed by atoms with Crippen LogP contribution in [0.3, 0.4) is 0 Å². The molecule has 12 heteroatoms. The van der Waals surface area contributed by atoms with Crippen LogP contribution in [0.25, 0.3) is 0 Å². The Hall–Kier alpha value is -1.53. The summed E-state index contributed by atoms with van der Waals surface area (Å²) in [5.41, 5.74) is -0.139. The summed E-state index contributed by atoms with van der Waals surface area (Å²) in [5, 5.41) is 2.84. The average molecular weight is 511 g/mol. The Labute approximate surface area is 180 Å². The number of carbonyl (C=O) groups is 2. The molecule has 1 amide bonds. The number of aromatic nitrogens is 1. The number of hydrogen-bond donors (Lipinski definition) is 1. The number of ether oxygens (including phenoxy) is 1. The van der Waals surface area contributed by atoms with Crippen LogP contribution in [0.1, 0.15) is 24.2 Å². The minimum Gasteiger partial charge on any atom is -0.452 e. The highest BCUT2D eigenvalue weighted by atomic mass is 79.9. The molecule has 1 heterocycles. The van der Waals surface area contributed by atoms with Crippen molar-refractivity contribution in [1.82, 2.24) is 9.29 Å². The summed E-state index contributed by atoms with van der Waals surface area (Å²) in [4.78, 5) is 28.0. The van der Waals surface area contributed by atoms with Crippen molar-refractivity contribution in [1.29, 1.82) is 0 Å². The minimum absolute atomic E-state index is 0.0211. The van der Waals surface area contributed by atoms with Gasteiger partial charge in [0.2, 0.25) is 10.0 Å². The highest BCUT2D eigenvalue weighted by molar-refractivity contribution is 9.11. The van der Waals surface area contributed by atoms with E-state index in [0.29, 0.717) is 5.13 Å². The first-order valence-electron chi connectivity index (χ1n) is 8.07. The smallest absolute Gasteiger partial charge is 0.340 e. The Morgan fingerprint density at radius 3 is 2.57 bits per heavy atom. The number of carbonyl (C=O) groups excluding carboxylic acids is 2. The van der Waals surface area contributed by atoms with Crippen molar-refractivity contribution in [2.24, 2.45) is 0 Å². The van der Waals surface area contributed by atoms with Crippen molar-refractivity contribution in [3.63, 3.8) is 0 Å². The maximum Gasteiger partial charge on any atom is 0.340 e. The van der Waals surface area contributed by atoms with E-state index in [1.807, 2.05) is 0 Å². The summed E-state index contributed by atoms with van der Waals surface area (Å²) in [6.07, 6.45) is 1.52. The predicted octanol–water partition coefficient (Wildman–Crippen LogP) is 3.39. The number of hydrogen-bond acceptors (Lipinski definition) is 7. The topological polar surface area (TPSA) is 106 Å². The first kappa shape index (κ1) is 22.8. The summed E-state index contributed by atoms with van der Waals surface area (Å²) >= 11 is 10.4. The summed E-state index contributed by atoms with van der Waals surface area (Å²) in [5.74, 6) is -1.49. The molecule has 0 aliphatic rings. The van der Waals surface area contributed by atoms with Crippen molar-refractivity contribution in [3.8, 4) is 0 Å². The van der Waals surface area contributed by atoms with E-state index in [1.165, 1.54) is 34.0 Å². The van der Waals surface area contributed by atoms with Crippen LogP contribution < -0.4 is 5.32 Å². The van der Waals surface area contributed by atoms with Crippen LogP contribution in [0.15, 0.2) is 33.1 Å². The lowest BCUT2D eigenvalue weighted by Gasteiger charge is -2.19. The van der Waals surface area contributed by atoms with Gasteiger partial charge in [-0.25, -0.2) is 18.2 Å². The molecule has 0 saturated heterocycles. The quantitative estimate of drug-likeness (QED) is 0.546. The molecule has 0 unspecified atom stereocenters. The van der Waals surface area contributed by atoms with E-state index in [9.17, 15) is 18.0 Å². The Morgan fingerprint density at radius 2 is 2.00 bits per heavy atom. The van der Waals surface area contributed by atoms with E-state index in [0.717, 1.165) is 9.85 Å². The third kappa shape index (κ3) is 5.51. The van der Waals surface area contributed by atoms with Crippen molar-refractivity contribution >= 4 is 65.9 Å². The molecule has 0 fully saturated rings. The number of halogens is 2. The third-order valence-corrected chi connectivity index (χ3v) is 7.33. The lowest BCUT2D eigenvalue weighted by atomic mass is 10.2. The second kappa shape index (κ2) is 9.79. The van der Waals surface area contributed by atoms with Gasteiger partial charge in [0.15, 0.2) is 11.7 Å². The van der Waals surface area contributed by atoms with Gasteiger partial charge in [-0.2, -0.15) is 4.31 Å². The maximum absolute atomic E-state index is 12.6. The zero-order chi connectivity index (χ0) is 20.9. The van der Waals surface area contributed by atoms with Gasteiger partial charge in [0.25, 0.3) is 5.91 Å². The van der Waals surface area contributed by atoms with E-state index in [-0.39, 0.29) is 28.6 Å². The van der Waals surface area contributed by atoms with E-state index in [1.54, 1.807) is 13.8 Å². The molecule has 152 valence electrons. The largest absolute Gasteiger partial charge is 0.452 e. The van der Waals surface area contributed by atoms with Crippen LogP contribution in [0.2, 0.25) is 5.02 Å². The van der Waals surface area contributed by atoms with Crippen LogP contribution in [-0.2, 0) is 19.6 Å². The van der Waals surface area contributed by atoms with Crippen molar-refractivity contribution in [2.45, 2.75) is 18.7 Å². The molecule has 0 saturated carbocycles. The molecule has 0 aliphatic carbocycles. The van der Waals surface area contributed by atoms with Crippen LogP contribution in [-0.4, -0.2) is 49.3 Å². The molecule has 8 nitrogen and oxygen atoms in total. The molecule has 2 aromatic rings. The first-order chi connectivity index (χ1) is 13.2. The van der Waals surface area contributed by atoms with Crippen molar-refractivity contribution in [2.75, 3.05) is 25.0 Å². The highest BCUT2D eigenvalue weighted by Crippen LogP contribution is 2.24.